The summed E-state index contributed by atoms with van der Waals surface area (Å²) in [6, 6.07) is 2.01. The maximum atomic E-state index is 13.0. The third-order valence-corrected chi connectivity index (χ3v) is 6.72. The lowest BCUT2D eigenvalue weighted by Gasteiger charge is -2.41. The lowest BCUT2D eigenvalue weighted by Crippen LogP contribution is -2.47. The molecule has 0 saturated carbocycles. The number of likely N-dealkylation sites (tertiary alicyclic amines) is 1. The highest BCUT2D eigenvalue weighted by molar-refractivity contribution is 5.79. The van der Waals surface area contributed by atoms with Crippen molar-refractivity contribution in [1.29, 1.82) is 0 Å². The number of amides is 1. The fraction of sp³-hybridized carbons (Fsp3) is 0.579. The summed E-state index contributed by atoms with van der Waals surface area (Å²) in [7, 11) is 0. The van der Waals surface area contributed by atoms with Gasteiger partial charge in [-0.25, -0.2) is 4.98 Å². The number of H-pyrrole nitrogens is 1. The minimum atomic E-state index is -0.105. The first-order valence-electron chi connectivity index (χ1n) is 9.74. The molecule has 3 aliphatic rings. The van der Waals surface area contributed by atoms with Gasteiger partial charge in [0.25, 0.3) is 5.56 Å². The van der Waals surface area contributed by atoms with Gasteiger partial charge in [0.1, 0.15) is 0 Å². The van der Waals surface area contributed by atoms with Crippen molar-refractivity contribution in [2.45, 2.75) is 50.5 Å². The van der Waals surface area contributed by atoms with E-state index in [1.165, 1.54) is 0 Å². The molecule has 0 aromatic carbocycles. The Bertz CT molecular complexity index is 953. The molecule has 1 saturated heterocycles. The van der Waals surface area contributed by atoms with Crippen molar-refractivity contribution in [3.63, 3.8) is 0 Å². The minimum Gasteiger partial charge on any atom is -0.369 e. The van der Waals surface area contributed by atoms with Crippen molar-refractivity contribution < 1.29 is 4.79 Å². The Morgan fingerprint density at radius 3 is 2.89 bits per heavy atom. The van der Waals surface area contributed by atoms with Crippen molar-refractivity contribution in [1.82, 2.24) is 24.6 Å². The van der Waals surface area contributed by atoms with E-state index in [0.717, 1.165) is 75.1 Å². The van der Waals surface area contributed by atoms with Crippen molar-refractivity contribution in [2.75, 3.05) is 18.8 Å². The third kappa shape index (κ3) is 2.57. The van der Waals surface area contributed by atoms with E-state index in [4.69, 9.17) is 5.73 Å². The van der Waals surface area contributed by atoms with E-state index >= 15 is 0 Å². The van der Waals surface area contributed by atoms with Crippen molar-refractivity contribution in [3.05, 3.63) is 39.6 Å². The largest absolute Gasteiger partial charge is 0.369 e. The summed E-state index contributed by atoms with van der Waals surface area (Å²) < 4.78 is 2.00. The molecule has 2 aromatic rings. The van der Waals surface area contributed by atoms with Gasteiger partial charge in [-0.1, -0.05) is 0 Å². The van der Waals surface area contributed by atoms with Crippen LogP contribution in [0, 0.1) is 5.92 Å². The van der Waals surface area contributed by atoms with E-state index in [9.17, 15) is 9.59 Å². The van der Waals surface area contributed by atoms with Crippen LogP contribution in [0.1, 0.15) is 42.6 Å². The van der Waals surface area contributed by atoms with E-state index in [-0.39, 0.29) is 28.7 Å². The van der Waals surface area contributed by atoms with E-state index in [0.29, 0.717) is 0 Å². The molecule has 0 radical (unpaired) electrons. The van der Waals surface area contributed by atoms with Gasteiger partial charge in [-0.2, -0.15) is 5.10 Å². The van der Waals surface area contributed by atoms with Crippen LogP contribution in [0.5, 0.6) is 0 Å². The number of nitrogens with two attached hydrogens (primary N) is 1. The Hall–Kier alpha value is -2.64. The second-order valence-corrected chi connectivity index (χ2v) is 8.12. The number of nitrogens with one attached hydrogen (secondary N) is 1. The summed E-state index contributed by atoms with van der Waals surface area (Å²) in [6.45, 7) is 2.26. The number of aryl methyl sites for hydroxylation is 1. The number of hydrogen-bond donors (Lipinski definition) is 2. The Kier molecular flexibility index (Phi) is 3.63. The number of carbonyl (C=O) groups is 1. The summed E-state index contributed by atoms with van der Waals surface area (Å²) in [4.78, 5) is 34.3. The Morgan fingerprint density at radius 2 is 2.07 bits per heavy atom. The number of fused-ring (bicyclic) bond motifs is 3. The number of aromatic nitrogens is 4. The summed E-state index contributed by atoms with van der Waals surface area (Å²) in [5.74, 6) is 0.502. The second-order valence-electron chi connectivity index (χ2n) is 8.12. The second kappa shape index (κ2) is 5.94. The van der Waals surface area contributed by atoms with E-state index in [1.807, 2.05) is 21.8 Å². The first-order valence-corrected chi connectivity index (χ1v) is 9.74. The van der Waals surface area contributed by atoms with Crippen LogP contribution in [0.25, 0.3) is 0 Å². The molecule has 1 fully saturated rings. The molecule has 8 nitrogen and oxygen atoms in total. The van der Waals surface area contributed by atoms with Crippen LogP contribution >= 0.6 is 0 Å². The zero-order valence-corrected chi connectivity index (χ0v) is 15.3. The van der Waals surface area contributed by atoms with Crippen LogP contribution in [0.3, 0.4) is 0 Å². The van der Waals surface area contributed by atoms with Crippen molar-refractivity contribution in [3.8, 4) is 0 Å². The van der Waals surface area contributed by atoms with Gasteiger partial charge in [0, 0.05) is 54.8 Å². The summed E-state index contributed by atoms with van der Waals surface area (Å²) in [5.41, 5.74) is 8.39. The number of nitrogen functional groups attached to an aromatic ring is 1. The predicted octanol–water partition coefficient (Wildman–Crippen LogP) is 0.618. The summed E-state index contributed by atoms with van der Waals surface area (Å²) in [6.07, 6.45) is 6.82. The number of aromatic amines is 1. The third-order valence-electron chi connectivity index (χ3n) is 6.72. The lowest BCUT2D eigenvalue weighted by atomic mass is 9.76. The Balaban J connectivity index is 1.31. The molecular weight excluding hydrogens is 344 g/mol. The van der Waals surface area contributed by atoms with Crippen LogP contribution in [0.4, 0.5) is 5.95 Å². The molecule has 142 valence electrons. The number of carbonyl (C=O) groups excluding carboxylic acids is 1. The van der Waals surface area contributed by atoms with Crippen LogP contribution in [-0.2, 0) is 29.6 Å². The van der Waals surface area contributed by atoms with Gasteiger partial charge in [0.05, 0.1) is 5.69 Å². The summed E-state index contributed by atoms with van der Waals surface area (Å²) in [5, 5.41) is 4.29. The fourth-order valence-electron chi connectivity index (χ4n) is 5.15. The molecule has 8 heteroatoms. The molecule has 1 aliphatic carbocycles. The SMILES string of the molecule is Nc1nc2c(c(=O)[nH]1)CCC21CCN(C(=O)C2CCn3nccc3C2)CC1. The zero-order valence-electron chi connectivity index (χ0n) is 15.3. The molecule has 0 bridgehead atoms. The molecule has 2 aromatic heterocycles. The monoisotopic (exact) mass is 368 g/mol. The normalized spacial score (nSPS) is 23.3. The Morgan fingerprint density at radius 1 is 1.26 bits per heavy atom. The average Bonchev–Trinajstić information content (AvgIpc) is 3.27. The summed E-state index contributed by atoms with van der Waals surface area (Å²) >= 11 is 0. The van der Waals surface area contributed by atoms with Crippen LogP contribution in [0.15, 0.2) is 17.1 Å². The molecule has 5 rings (SSSR count). The van der Waals surface area contributed by atoms with Crippen LogP contribution in [0.2, 0.25) is 0 Å². The maximum absolute atomic E-state index is 13.0. The zero-order chi connectivity index (χ0) is 18.6. The predicted molar refractivity (Wildman–Crippen MR) is 99.1 cm³/mol. The quantitative estimate of drug-likeness (QED) is 0.767. The maximum Gasteiger partial charge on any atom is 0.255 e. The number of rotatable bonds is 1. The molecule has 1 spiro atoms. The highest BCUT2D eigenvalue weighted by Gasteiger charge is 2.45. The topological polar surface area (TPSA) is 110 Å². The van der Waals surface area contributed by atoms with E-state index < -0.39 is 0 Å². The highest BCUT2D eigenvalue weighted by Crippen LogP contribution is 2.44. The van der Waals surface area contributed by atoms with E-state index in [1.54, 1.807) is 0 Å². The van der Waals surface area contributed by atoms with Crippen LogP contribution in [-0.4, -0.2) is 43.6 Å². The standard InChI is InChI=1S/C19H24N6O2/c20-18-22-15-14(16(26)23-18)1-4-19(15)5-9-24(10-6-19)17(27)12-3-8-25-13(11-12)2-7-21-25/h2,7,12H,1,3-6,8-11H2,(H3,20,22,23,26). The first-order chi connectivity index (χ1) is 13.1. The molecular formula is C19H24N6O2. The lowest BCUT2D eigenvalue weighted by molar-refractivity contribution is -0.138. The van der Waals surface area contributed by atoms with Gasteiger partial charge in [-0.3, -0.25) is 19.3 Å². The van der Waals surface area contributed by atoms with Gasteiger partial charge < -0.3 is 10.6 Å². The van der Waals surface area contributed by atoms with Gasteiger partial charge in [0.2, 0.25) is 11.9 Å². The molecule has 1 amide bonds. The molecule has 4 heterocycles. The molecule has 1 atom stereocenters. The molecule has 3 N–H and O–H groups in total. The fourth-order valence-corrected chi connectivity index (χ4v) is 5.15. The van der Waals surface area contributed by atoms with Crippen LogP contribution < -0.4 is 11.3 Å². The Labute approximate surface area is 156 Å². The van der Waals surface area contributed by atoms with Crippen molar-refractivity contribution in [2.24, 2.45) is 5.92 Å². The number of anilines is 1. The highest BCUT2D eigenvalue weighted by atomic mass is 16.2. The number of piperidine rings is 1. The minimum absolute atomic E-state index is 0.0516. The van der Waals surface area contributed by atoms with Crippen molar-refractivity contribution >= 4 is 11.9 Å². The molecule has 2 aliphatic heterocycles. The van der Waals surface area contributed by atoms with Gasteiger partial charge >= 0.3 is 0 Å². The van der Waals surface area contributed by atoms with Gasteiger partial charge in [0.15, 0.2) is 0 Å². The van der Waals surface area contributed by atoms with Gasteiger partial charge in [-0.05, 0) is 38.2 Å². The number of nitrogens with zero attached hydrogens (tertiary/aromatic N) is 4. The smallest absolute Gasteiger partial charge is 0.255 e. The average molecular weight is 368 g/mol. The van der Waals surface area contributed by atoms with E-state index in [2.05, 4.69) is 15.1 Å². The number of hydrogen-bond acceptors (Lipinski definition) is 5. The van der Waals surface area contributed by atoms with Gasteiger partial charge in [-0.15, -0.1) is 0 Å². The molecule has 27 heavy (non-hydrogen) atoms. The first kappa shape index (κ1) is 16.5. The molecule has 1 unspecified atom stereocenters.